The Balaban J connectivity index is 2.20. The van der Waals surface area contributed by atoms with Crippen LogP contribution in [0, 0.1) is 17.8 Å². The zero-order chi connectivity index (χ0) is 8.55. The van der Waals surface area contributed by atoms with Gasteiger partial charge in [-0.25, -0.2) is 0 Å². The molecule has 0 aromatic carbocycles. The summed E-state index contributed by atoms with van der Waals surface area (Å²) in [5, 5.41) is 0. The standard InChI is InChI=1S/C10H12O2/c1-12-10(11)9-7-3-2-4-8(9)6-5-7/h2-3,5-9H,4H2,1H3. The predicted molar refractivity (Wildman–Crippen MR) is 45.4 cm³/mol. The molecule has 0 spiro atoms. The van der Waals surface area contributed by atoms with Gasteiger partial charge in [-0.1, -0.05) is 24.3 Å². The van der Waals surface area contributed by atoms with Gasteiger partial charge in [0.2, 0.25) is 0 Å². The molecular formula is C10H12O2. The van der Waals surface area contributed by atoms with Gasteiger partial charge in [0.15, 0.2) is 0 Å². The minimum atomic E-state index is -0.0700. The number of hydrogen-bond donors (Lipinski definition) is 0. The summed E-state index contributed by atoms with van der Waals surface area (Å²) in [6.07, 6.45) is 9.46. The van der Waals surface area contributed by atoms with Crippen LogP contribution in [-0.2, 0) is 9.53 Å². The first-order valence-corrected chi connectivity index (χ1v) is 4.26. The highest BCUT2D eigenvalue weighted by Gasteiger charge is 2.37. The van der Waals surface area contributed by atoms with Crippen molar-refractivity contribution in [3.63, 3.8) is 0 Å². The van der Waals surface area contributed by atoms with E-state index in [-0.39, 0.29) is 17.8 Å². The van der Waals surface area contributed by atoms with E-state index in [2.05, 4.69) is 24.3 Å². The average Bonchev–Trinajstić information content (AvgIpc) is 2.35. The minimum Gasteiger partial charge on any atom is -0.469 e. The lowest BCUT2D eigenvalue weighted by Crippen LogP contribution is -2.27. The maximum absolute atomic E-state index is 11.3. The Hall–Kier alpha value is -1.05. The van der Waals surface area contributed by atoms with Crippen LogP contribution in [0.1, 0.15) is 6.42 Å². The molecule has 12 heavy (non-hydrogen) atoms. The highest BCUT2D eigenvalue weighted by Crippen LogP contribution is 2.38. The number of hydrogen-bond acceptors (Lipinski definition) is 2. The van der Waals surface area contributed by atoms with Gasteiger partial charge in [0.1, 0.15) is 0 Å². The van der Waals surface area contributed by atoms with E-state index in [0.717, 1.165) is 6.42 Å². The highest BCUT2D eigenvalue weighted by atomic mass is 16.5. The predicted octanol–water partition coefficient (Wildman–Crippen LogP) is 1.54. The Labute approximate surface area is 71.9 Å². The second kappa shape index (κ2) is 2.77. The van der Waals surface area contributed by atoms with Gasteiger partial charge in [0.25, 0.3) is 0 Å². The maximum Gasteiger partial charge on any atom is 0.310 e. The third kappa shape index (κ3) is 0.986. The van der Waals surface area contributed by atoms with E-state index in [0.29, 0.717) is 5.92 Å². The molecule has 0 saturated heterocycles. The van der Waals surface area contributed by atoms with Gasteiger partial charge in [-0.15, -0.1) is 0 Å². The van der Waals surface area contributed by atoms with Crippen molar-refractivity contribution in [2.45, 2.75) is 6.42 Å². The van der Waals surface area contributed by atoms with Gasteiger partial charge >= 0.3 is 5.97 Å². The monoisotopic (exact) mass is 164 g/mol. The van der Waals surface area contributed by atoms with Gasteiger partial charge in [0.05, 0.1) is 13.0 Å². The van der Waals surface area contributed by atoms with E-state index in [4.69, 9.17) is 4.74 Å². The fourth-order valence-corrected chi connectivity index (χ4v) is 2.07. The summed E-state index contributed by atoms with van der Waals surface area (Å²) in [7, 11) is 1.46. The third-order valence-corrected chi connectivity index (χ3v) is 2.70. The van der Waals surface area contributed by atoms with Gasteiger partial charge in [0, 0.05) is 5.92 Å². The summed E-state index contributed by atoms with van der Waals surface area (Å²) in [5.41, 5.74) is 0. The Kier molecular flexibility index (Phi) is 1.75. The second-order valence-corrected chi connectivity index (χ2v) is 3.34. The average molecular weight is 164 g/mol. The Morgan fingerprint density at radius 3 is 2.92 bits per heavy atom. The van der Waals surface area contributed by atoms with Crippen molar-refractivity contribution < 1.29 is 9.53 Å². The molecule has 2 aliphatic rings. The lowest BCUT2D eigenvalue weighted by Gasteiger charge is -2.23. The van der Waals surface area contributed by atoms with Crippen LogP contribution in [-0.4, -0.2) is 13.1 Å². The lowest BCUT2D eigenvalue weighted by molar-refractivity contribution is -0.147. The van der Waals surface area contributed by atoms with E-state index < -0.39 is 0 Å². The smallest absolute Gasteiger partial charge is 0.310 e. The van der Waals surface area contributed by atoms with Crippen LogP contribution in [0.2, 0.25) is 0 Å². The summed E-state index contributed by atoms with van der Waals surface area (Å²) < 4.78 is 4.76. The Morgan fingerprint density at radius 2 is 2.25 bits per heavy atom. The van der Waals surface area contributed by atoms with Crippen LogP contribution in [0.15, 0.2) is 24.3 Å². The summed E-state index contributed by atoms with van der Waals surface area (Å²) >= 11 is 0. The number of rotatable bonds is 1. The zero-order valence-corrected chi connectivity index (χ0v) is 7.07. The molecule has 2 rings (SSSR count). The van der Waals surface area contributed by atoms with Crippen molar-refractivity contribution >= 4 is 5.97 Å². The number of fused-ring (bicyclic) bond motifs is 2. The molecule has 0 saturated carbocycles. The van der Waals surface area contributed by atoms with E-state index in [1.807, 2.05) is 0 Å². The fourth-order valence-electron chi connectivity index (χ4n) is 2.07. The summed E-state index contributed by atoms with van der Waals surface area (Å²) in [6.45, 7) is 0. The third-order valence-electron chi connectivity index (χ3n) is 2.70. The Morgan fingerprint density at radius 1 is 1.42 bits per heavy atom. The largest absolute Gasteiger partial charge is 0.469 e. The maximum atomic E-state index is 11.3. The van der Waals surface area contributed by atoms with Crippen LogP contribution in [0.3, 0.4) is 0 Å². The molecule has 0 aromatic heterocycles. The molecule has 2 aliphatic carbocycles. The molecule has 3 atom stereocenters. The van der Waals surface area contributed by atoms with Crippen LogP contribution in [0.4, 0.5) is 0 Å². The molecule has 0 aromatic rings. The molecule has 2 heteroatoms. The van der Waals surface area contributed by atoms with Crippen LogP contribution >= 0.6 is 0 Å². The van der Waals surface area contributed by atoms with E-state index in [9.17, 15) is 4.79 Å². The molecule has 0 radical (unpaired) electrons. The second-order valence-electron chi connectivity index (χ2n) is 3.34. The first-order chi connectivity index (χ1) is 5.83. The number of carbonyl (C=O) groups is 1. The van der Waals surface area contributed by atoms with Crippen molar-refractivity contribution in [3.8, 4) is 0 Å². The topological polar surface area (TPSA) is 26.3 Å². The molecule has 64 valence electrons. The SMILES string of the molecule is COC(=O)C1C2C=CCC1C=C2. The van der Waals surface area contributed by atoms with Crippen LogP contribution in [0.25, 0.3) is 0 Å². The number of ether oxygens (including phenoxy) is 1. The van der Waals surface area contributed by atoms with Crippen molar-refractivity contribution in [3.05, 3.63) is 24.3 Å². The fraction of sp³-hybridized carbons (Fsp3) is 0.500. The molecular weight excluding hydrogens is 152 g/mol. The quantitative estimate of drug-likeness (QED) is 0.434. The van der Waals surface area contributed by atoms with Gasteiger partial charge in [-0.3, -0.25) is 4.79 Å². The van der Waals surface area contributed by atoms with E-state index in [1.165, 1.54) is 7.11 Å². The summed E-state index contributed by atoms with van der Waals surface area (Å²) in [6, 6.07) is 0. The highest BCUT2D eigenvalue weighted by molar-refractivity contribution is 5.75. The number of carbonyl (C=O) groups excluding carboxylic acids is 1. The lowest BCUT2D eigenvalue weighted by atomic mass is 9.82. The first-order valence-electron chi connectivity index (χ1n) is 4.26. The molecule has 0 N–H and O–H groups in total. The van der Waals surface area contributed by atoms with Crippen molar-refractivity contribution in [1.82, 2.24) is 0 Å². The molecule has 0 fully saturated rings. The van der Waals surface area contributed by atoms with Crippen molar-refractivity contribution in [2.24, 2.45) is 17.8 Å². The summed E-state index contributed by atoms with van der Waals surface area (Å²) in [4.78, 5) is 11.3. The first kappa shape index (κ1) is 7.59. The summed E-state index contributed by atoms with van der Waals surface area (Å²) in [5.74, 6) is 0.656. The van der Waals surface area contributed by atoms with Crippen LogP contribution in [0.5, 0.6) is 0 Å². The normalized spacial score (nSPS) is 36.9. The van der Waals surface area contributed by atoms with Gasteiger partial charge < -0.3 is 4.74 Å². The van der Waals surface area contributed by atoms with Gasteiger partial charge in [-0.05, 0) is 12.3 Å². The van der Waals surface area contributed by atoms with Gasteiger partial charge in [-0.2, -0.15) is 0 Å². The molecule has 0 heterocycles. The Bertz CT molecular complexity index is 251. The number of esters is 1. The number of allylic oxidation sites excluding steroid dienone is 4. The molecule has 3 unspecified atom stereocenters. The van der Waals surface area contributed by atoms with Crippen LogP contribution < -0.4 is 0 Å². The molecule has 0 amide bonds. The van der Waals surface area contributed by atoms with Crippen molar-refractivity contribution in [1.29, 1.82) is 0 Å². The molecule has 2 bridgehead atoms. The molecule has 2 nitrogen and oxygen atoms in total. The number of methoxy groups -OCH3 is 1. The van der Waals surface area contributed by atoms with Crippen molar-refractivity contribution in [2.75, 3.05) is 7.11 Å². The zero-order valence-electron chi connectivity index (χ0n) is 7.07. The minimum absolute atomic E-state index is 0.0556. The molecule has 0 aliphatic heterocycles. The van der Waals surface area contributed by atoms with E-state index >= 15 is 0 Å². The van der Waals surface area contributed by atoms with E-state index in [1.54, 1.807) is 0 Å².